The largest absolute Gasteiger partial charge is 0.508 e. The molecule has 0 aromatic heterocycles. The van der Waals surface area contributed by atoms with Crippen molar-refractivity contribution in [1.29, 1.82) is 0 Å². The Morgan fingerprint density at radius 2 is 2.25 bits per heavy atom. The number of thioether (sulfide) groups is 1. The summed E-state index contributed by atoms with van der Waals surface area (Å²) in [6, 6.07) is 4.04. The summed E-state index contributed by atoms with van der Waals surface area (Å²) < 4.78 is 13.3. The van der Waals surface area contributed by atoms with Gasteiger partial charge < -0.3 is 10.4 Å². The average molecular weight is 241 g/mol. The lowest BCUT2D eigenvalue weighted by Gasteiger charge is -2.13. The smallest absolute Gasteiger partial charge is 0.123 e. The molecule has 1 aliphatic rings. The van der Waals surface area contributed by atoms with E-state index in [9.17, 15) is 9.50 Å². The minimum absolute atomic E-state index is 0.155. The Balaban J connectivity index is 1.87. The molecule has 1 aromatic carbocycles. The summed E-state index contributed by atoms with van der Waals surface area (Å²) in [4.78, 5) is 0. The van der Waals surface area contributed by atoms with Crippen LogP contribution in [0.3, 0.4) is 0 Å². The fraction of sp³-hybridized carbons (Fsp3) is 0.500. The van der Waals surface area contributed by atoms with Crippen LogP contribution in [-0.4, -0.2) is 22.7 Å². The van der Waals surface area contributed by atoms with Crippen molar-refractivity contribution >= 4 is 11.8 Å². The molecule has 1 aromatic rings. The Morgan fingerprint density at radius 3 is 2.88 bits per heavy atom. The zero-order valence-electron chi connectivity index (χ0n) is 9.29. The normalized spacial score (nSPS) is 17.4. The number of rotatable bonds is 5. The lowest BCUT2D eigenvalue weighted by molar-refractivity contribution is 0.461. The average Bonchev–Trinajstić information content (AvgIpc) is 3.04. The first-order valence-corrected chi connectivity index (χ1v) is 6.61. The van der Waals surface area contributed by atoms with Gasteiger partial charge in [-0.2, -0.15) is 11.8 Å². The van der Waals surface area contributed by atoms with Gasteiger partial charge in [-0.1, -0.05) is 0 Å². The van der Waals surface area contributed by atoms with Gasteiger partial charge in [0.25, 0.3) is 0 Å². The number of aromatic hydroxyl groups is 1. The van der Waals surface area contributed by atoms with E-state index in [-0.39, 0.29) is 11.6 Å². The Labute approximate surface area is 99.2 Å². The van der Waals surface area contributed by atoms with E-state index >= 15 is 0 Å². The second-order valence-corrected chi connectivity index (χ2v) is 5.54. The first kappa shape index (κ1) is 11.7. The second kappa shape index (κ2) is 4.63. The van der Waals surface area contributed by atoms with Gasteiger partial charge in [0.05, 0.1) is 0 Å². The molecule has 0 saturated heterocycles. The molecule has 0 spiro atoms. The zero-order chi connectivity index (χ0) is 11.6. The molecule has 2 rings (SSSR count). The molecule has 1 aliphatic carbocycles. The maximum atomic E-state index is 12.9. The number of nitrogens with one attached hydrogen (secondary N) is 1. The van der Waals surface area contributed by atoms with E-state index in [1.165, 1.54) is 31.0 Å². The quantitative estimate of drug-likeness (QED) is 0.831. The molecule has 0 unspecified atom stereocenters. The maximum Gasteiger partial charge on any atom is 0.123 e. The van der Waals surface area contributed by atoms with Gasteiger partial charge in [0.1, 0.15) is 11.6 Å². The van der Waals surface area contributed by atoms with E-state index < -0.39 is 0 Å². The van der Waals surface area contributed by atoms with Gasteiger partial charge in [-0.25, -0.2) is 4.39 Å². The zero-order valence-corrected chi connectivity index (χ0v) is 10.1. The lowest BCUT2D eigenvalue weighted by Crippen LogP contribution is -2.25. The van der Waals surface area contributed by atoms with Crippen LogP contribution in [0.25, 0.3) is 0 Å². The highest BCUT2D eigenvalue weighted by atomic mass is 32.2. The third kappa shape index (κ3) is 2.68. The number of hydrogen-bond donors (Lipinski definition) is 2. The Morgan fingerprint density at radius 1 is 1.50 bits per heavy atom. The summed E-state index contributed by atoms with van der Waals surface area (Å²) >= 11 is 1.88. The van der Waals surface area contributed by atoms with Gasteiger partial charge in [0.15, 0.2) is 0 Å². The fourth-order valence-electron chi connectivity index (χ4n) is 1.71. The summed E-state index contributed by atoms with van der Waals surface area (Å²) in [6.45, 7) is 1.44. The van der Waals surface area contributed by atoms with Crippen molar-refractivity contribution in [3.05, 3.63) is 29.6 Å². The van der Waals surface area contributed by atoms with Crippen LogP contribution in [-0.2, 0) is 6.54 Å². The lowest BCUT2D eigenvalue weighted by atomic mass is 10.2. The van der Waals surface area contributed by atoms with E-state index in [1.54, 1.807) is 0 Å². The van der Waals surface area contributed by atoms with Crippen LogP contribution in [0.4, 0.5) is 4.39 Å². The van der Waals surface area contributed by atoms with Crippen LogP contribution in [0.5, 0.6) is 5.75 Å². The molecule has 16 heavy (non-hydrogen) atoms. The predicted molar refractivity (Wildman–Crippen MR) is 65.3 cm³/mol. The van der Waals surface area contributed by atoms with Crippen molar-refractivity contribution in [2.75, 3.05) is 12.8 Å². The van der Waals surface area contributed by atoms with Gasteiger partial charge in [0, 0.05) is 23.4 Å². The minimum Gasteiger partial charge on any atom is -0.508 e. The second-order valence-electron chi connectivity index (χ2n) is 4.26. The monoisotopic (exact) mass is 241 g/mol. The van der Waals surface area contributed by atoms with Crippen LogP contribution in [0.1, 0.15) is 18.4 Å². The van der Waals surface area contributed by atoms with Crippen LogP contribution in [0, 0.1) is 5.82 Å². The van der Waals surface area contributed by atoms with Crippen LogP contribution in [0.15, 0.2) is 18.2 Å². The number of benzene rings is 1. The molecule has 1 fully saturated rings. The molecule has 1 saturated carbocycles. The summed E-state index contributed by atoms with van der Waals surface area (Å²) in [5, 5.41) is 12.8. The number of halogens is 1. The van der Waals surface area contributed by atoms with Crippen LogP contribution < -0.4 is 5.32 Å². The molecule has 0 aliphatic heterocycles. The summed E-state index contributed by atoms with van der Waals surface area (Å²) in [7, 11) is 0. The number of phenols is 1. The van der Waals surface area contributed by atoms with Gasteiger partial charge >= 0.3 is 0 Å². The number of hydrogen-bond acceptors (Lipinski definition) is 3. The third-order valence-corrected chi connectivity index (χ3v) is 4.46. The molecule has 0 bridgehead atoms. The molecule has 2 nitrogen and oxygen atoms in total. The summed E-state index contributed by atoms with van der Waals surface area (Å²) in [6.07, 6.45) is 4.61. The first-order chi connectivity index (χ1) is 7.65. The van der Waals surface area contributed by atoms with Crippen molar-refractivity contribution in [3.8, 4) is 5.75 Å². The van der Waals surface area contributed by atoms with E-state index in [1.807, 2.05) is 11.8 Å². The van der Waals surface area contributed by atoms with Gasteiger partial charge in [-0.05, 0) is 37.3 Å². The molecule has 0 radical (unpaired) electrons. The molecule has 0 heterocycles. The molecule has 0 atom stereocenters. The van der Waals surface area contributed by atoms with Crippen LogP contribution >= 0.6 is 11.8 Å². The molecule has 2 N–H and O–H groups in total. The standard InChI is InChI=1S/C12H16FNOS/c1-16-12(4-5-12)8-14-7-9-6-10(13)2-3-11(9)15/h2-3,6,14-15H,4-5,7-8H2,1H3. The van der Waals surface area contributed by atoms with Gasteiger partial charge in [0.2, 0.25) is 0 Å². The summed E-state index contributed by atoms with van der Waals surface area (Å²) in [5.74, 6) is -0.150. The maximum absolute atomic E-state index is 12.9. The predicted octanol–water partition coefficient (Wildman–Crippen LogP) is 2.52. The third-order valence-electron chi connectivity index (χ3n) is 3.04. The number of phenolic OH excluding ortho intramolecular Hbond substituents is 1. The van der Waals surface area contributed by atoms with E-state index in [2.05, 4.69) is 11.6 Å². The summed E-state index contributed by atoms with van der Waals surface area (Å²) in [5.41, 5.74) is 0.622. The van der Waals surface area contributed by atoms with E-state index in [0.717, 1.165) is 6.54 Å². The van der Waals surface area contributed by atoms with Gasteiger partial charge in [-0.15, -0.1) is 0 Å². The van der Waals surface area contributed by atoms with Crippen molar-refractivity contribution in [1.82, 2.24) is 5.32 Å². The van der Waals surface area contributed by atoms with Crippen molar-refractivity contribution in [3.63, 3.8) is 0 Å². The van der Waals surface area contributed by atoms with Gasteiger partial charge in [-0.3, -0.25) is 0 Å². The Hall–Kier alpha value is -0.740. The first-order valence-electron chi connectivity index (χ1n) is 5.38. The van der Waals surface area contributed by atoms with Crippen molar-refractivity contribution in [2.24, 2.45) is 0 Å². The highest BCUT2D eigenvalue weighted by Gasteiger charge is 2.41. The molecule has 4 heteroatoms. The fourth-order valence-corrected chi connectivity index (χ4v) is 2.47. The van der Waals surface area contributed by atoms with Crippen LogP contribution in [0.2, 0.25) is 0 Å². The highest BCUT2D eigenvalue weighted by Crippen LogP contribution is 2.46. The van der Waals surface area contributed by atoms with Crippen molar-refractivity contribution < 1.29 is 9.50 Å². The molecule has 0 amide bonds. The minimum atomic E-state index is -0.305. The molecular weight excluding hydrogens is 225 g/mol. The SMILES string of the molecule is CSC1(CNCc2cc(F)ccc2O)CC1. The van der Waals surface area contributed by atoms with E-state index in [4.69, 9.17) is 0 Å². The van der Waals surface area contributed by atoms with Crippen molar-refractivity contribution in [2.45, 2.75) is 24.1 Å². The molecule has 88 valence electrons. The Kier molecular flexibility index (Phi) is 3.40. The Bertz CT molecular complexity index is 379. The topological polar surface area (TPSA) is 32.3 Å². The molecular formula is C12H16FNOS. The van der Waals surface area contributed by atoms with E-state index in [0.29, 0.717) is 16.9 Å². The highest BCUT2D eigenvalue weighted by molar-refractivity contribution is 8.00.